The molecule has 5 nitrogen and oxygen atoms in total. The van der Waals surface area contributed by atoms with Gasteiger partial charge in [-0.05, 0) is 24.3 Å². The molecule has 2 aromatic carbocycles. The van der Waals surface area contributed by atoms with Crippen LogP contribution in [-0.2, 0) is 9.84 Å². The zero-order chi connectivity index (χ0) is 16.5. The number of para-hydroxylation sites is 1. The van der Waals surface area contributed by atoms with Crippen LogP contribution in [0.3, 0.4) is 0 Å². The van der Waals surface area contributed by atoms with Gasteiger partial charge in [0.15, 0.2) is 15.6 Å². The number of aromatic hydroxyl groups is 1. The molecule has 2 aromatic rings. The van der Waals surface area contributed by atoms with Crippen molar-refractivity contribution in [2.75, 3.05) is 11.6 Å². The number of carbonyl (C=O) groups is 1. The average molecular weight is 360 g/mol. The minimum atomic E-state index is -3.49. The van der Waals surface area contributed by atoms with E-state index in [4.69, 9.17) is 23.2 Å². The fraction of sp³-hybridized carbons (Fsp3) is 0.0714. The number of amides is 1. The maximum Gasteiger partial charge on any atom is 0.255 e. The van der Waals surface area contributed by atoms with E-state index in [1.165, 1.54) is 24.3 Å². The second-order valence-electron chi connectivity index (χ2n) is 4.51. The number of hydrogen-bond donors (Lipinski definition) is 2. The van der Waals surface area contributed by atoms with Gasteiger partial charge in [0.05, 0.1) is 20.6 Å². The summed E-state index contributed by atoms with van der Waals surface area (Å²) < 4.78 is 23.4. The molecule has 0 aromatic heterocycles. The molecule has 0 aliphatic heterocycles. The van der Waals surface area contributed by atoms with Crippen LogP contribution in [0.1, 0.15) is 10.4 Å². The van der Waals surface area contributed by atoms with Crippen LogP contribution in [0.2, 0.25) is 10.0 Å². The molecule has 0 bridgehead atoms. The van der Waals surface area contributed by atoms with Crippen molar-refractivity contribution in [2.24, 2.45) is 0 Å². The Morgan fingerprint density at radius 3 is 2.23 bits per heavy atom. The Hall–Kier alpha value is -1.76. The molecule has 0 radical (unpaired) electrons. The van der Waals surface area contributed by atoms with Gasteiger partial charge in [-0.15, -0.1) is 0 Å². The van der Waals surface area contributed by atoms with E-state index in [-0.39, 0.29) is 31.9 Å². The highest BCUT2D eigenvalue weighted by Crippen LogP contribution is 2.33. The predicted molar refractivity (Wildman–Crippen MR) is 85.6 cm³/mol. The number of phenolic OH excluding ortho intramolecular Hbond substituents is 1. The van der Waals surface area contributed by atoms with Crippen LogP contribution in [0, 0.1) is 0 Å². The zero-order valence-corrected chi connectivity index (χ0v) is 13.6. The molecule has 8 heteroatoms. The monoisotopic (exact) mass is 359 g/mol. The van der Waals surface area contributed by atoms with Gasteiger partial charge in [0.25, 0.3) is 5.91 Å². The minimum Gasteiger partial charge on any atom is -0.505 e. The normalized spacial score (nSPS) is 11.2. The lowest BCUT2D eigenvalue weighted by Crippen LogP contribution is -2.14. The molecule has 0 fully saturated rings. The molecule has 116 valence electrons. The molecule has 22 heavy (non-hydrogen) atoms. The molecular formula is C14H11Cl2NO4S. The molecule has 1 amide bonds. The van der Waals surface area contributed by atoms with E-state index in [1.807, 2.05) is 0 Å². The summed E-state index contributed by atoms with van der Waals surface area (Å²) in [6.07, 6.45) is 1.05. The van der Waals surface area contributed by atoms with Crippen molar-refractivity contribution >= 4 is 44.6 Å². The van der Waals surface area contributed by atoms with Gasteiger partial charge in [0, 0.05) is 11.8 Å². The fourth-order valence-corrected chi connectivity index (χ4v) is 3.12. The third-order valence-corrected chi connectivity index (χ3v) is 4.54. The Labute approximate surface area is 137 Å². The SMILES string of the molecule is CS(=O)(=O)c1ccccc1NC(=O)c1cc(Cl)c(O)c(Cl)c1. The Balaban J connectivity index is 2.39. The zero-order valence-electron chi connectivity index (χ0n) is 11.3. The number of hydrogen-bond acceptors (Lipinski definition) is 4. The van der Waals surface area contributed by atoms with E-state index in [0.29, 0.717) is 0 Å². The largest absolute Gasteiger partial charge is 0.505 e. The van der Waals surface area contributed by atoms with Crippen LogP contribution >= 0.6 is 23.2 Å². The molecule has 0 aliphatic carbocycles. The van der Waals surface area contributed by atoms with Crippen LogP contribution in [0.15, 0.2) is 41.3 Å². The molecule has 0 heterocycles. The summed E-state index contributed by atoms with van der Waals surface area (Å²) in [7, 11) is -3.49. The lowest BCUT2D eigenvalue weighted by Gasteiger charge is -2.10. The highest BCUT2D eigenvalue weighted by Gasteiger charge is 2.17. The first kappa shape index (κ1) is 16.6. The number of halogens is 2. The number of carbonyl (C=O) groups excluding carboxylic acids is 1. The fourth-order valence-electron chi connectivity index (χ4n) is 1.78. The van der Waals surface area contributed by atoms with E-state index in [0.717, 1.165) is 6.26 Å². The first-order chi connectivity index (χ1) is 10.2. The Bertz CT molecular complexity index is 827. The van der Waals surface area contributed by atoms with E-state index in [2.05, 4.69) is 5.32 Å². The smallest absolute Gasteiger partial charge is 0.255 e. The third-order valence-electron chi connectivity index (χ3n) is 2.81. The summed E-state index contributed by atoms with van der Waals surface area (Å²) in [6.45, 7) is 0. The topological polar surface area (TPSA) is 83.5 Å². The molecule has 2 N–H and O–H groups in total. The molecule has 0 atom stereocenters. The molecule has 0 spiro atoms. The van der Waals surface area contributed by atoms with E-state index < -0.39 is 15.7 Å². The van der Waals surface area contributed by atoms with Crippen molar-refractivity contribution < 1.29 is 18.3 Å². The van der Waals surface area contributed by atoms with Gasteiger partial charge >= 0.3 is 0 Å². The first-order valence-electron chi connectivity index (χ1n) is 5.98. The van der Waals surface area contributed by atoms with Gasteiger partial charge in [-0.25, -0.2) is 8.42 Å². The van der Waals surface area contributed by atoms with Gasteiger partial charge in [0.1, 0.15) is 0 Å². The quantitative estimate of drug-likeness (QED) is 0.879. The Morgan fingerprint density at radius 2 is 1.68 bits per heavy atom. The summed E-state index contributed by atoms with van der Waals surface area (Å²) >= 11 is 11.5. The summed E-state index contributed by atoms with van der Waals surface area (Å²) in [5.41, 5.74) is 0.242. The van der Waals surface area contributed by atoms with Crippen molar-refractivity contribution in [3.63, 3.8) is 0 Å². The van der Waals surface area contributed by atoms with Crippen molar-refractivity contribution in [1.29, 1.82) is 0 Å². The maximum atomic E-state index is 12.2. The predicted octanol–water partition coefficient (Wildman–Crippen LogP) is 3.35. The number of phenols is 1. The van der Waals surface area contributed by atoms with Crippen molar-refractivity contribution in [1.82, 2.24) is 0 Å². The lowest BCUT2D eigenvalue weighted by atomic mass is 10.2. The molecule has 0 aliphatic rings. The summed E-state index contributed by atoms with van der Waals surface area (Å²) in [5, 5.41) is 11.8. The van der Waals surface area contributed by atoms with Gasteiger partial charge in [-0.1, -0.05) is 35.3 Å². The number of benzene rings is 2. The van der Waals surface area contributed by atoms with Gasteiger partial charge in [-0.3, -0.25) is 4.79 Å². The van der Waals surface area contributed by atoms with E-state index in [1.54, 1.807) is 12.1 Å². The highest BCUT2D eigenvalue weighted by atomic mass is 35.5. The van der Waals surface area contributed by atoms with E-state index in [9.17, 15) is 18.3 Å². The van der Waals surface area contributed by atoms with Gasteiger partial charge in [-0.2, -0.15) is 0 Å². The third kappa shape index (κ3) is 3.52. The Kier molecular flexibility index (Phi) is 4.65. The Morgan fingerprint density at radius 1 is 1.14 bits per heavy atom. The summed E-state index contributed by atoms with van der Waals surface area (Å²) in [4.78, 5) is 12.2. The number of anilines is 1. The molecule has 0 saturated heterocycles. The van der Waals surface area contributed by atoms with Crippen LogP contribution in [0.5, 0.6) is 5.75 Å². The molecule has 0 unspecified atom stereocenters. The first-order valence-corrected chi connectivity index (χ1v) is 8.63. The maximum absolute atomic E-state index is 12.2. The van der Waals surface area contributed by atoms with Crippen LogP contribution in [0.4, 0.5) is 5.69 Å². The van der Waals surface area contributed by atoms with E-state index >= 15 is 0 Å². The number of nitrogens with one attached hydrogen (secondary N) is 1. The molecule has 0 saturated carbocycles. The van der Waals surface area contributed by atoms with Crippen LogP contribution in [-0.4, -0.2) is 25.7 Å². The van der Waals surface area contributed by atoms with Gasteiger partial charge < -0.3 is 10.4 Å². The average Bonchev–Trinajstić information content (AvgIpc) is 2.43. The number of rotatable bonds is 3. The summed E-state index contributed by atoms with van der Waals surface area (Å²) in [6, 6.07) is 8.49. The van der Waals surface area contributed by atoms with Crippen molar-refractivity contribution in [3.8, 4) is 5.75 Å². The number of sulfone groups is 1. The molecular weight excluding hydrogens is 349 g/mol. The second kappa shape index (κ2) is 6.16. The lowest BCUT2D eigenvalue weighted by molar-refractivity contribution is 0.102. The highest BCUT2D eigenvalue weighted by molar-refractivity contribution is 7.90. The standard InChI is InChI=1S/C14H11Cl2NO4S/c1-22(20,21)12-5-3-2-4-11(12)17-14(19)8-6-9(15)13(18)10(16)7-8/h2-7,18H,1H3,(H,17,19). The van der Waals surface area contributed by atoms with Crippen LogP contribution in [0.25, 0.3) is 0 Å². The van der Waals surface area contributed by atoms with Crippen molar-refractivity contribution in [2.45, 2.75) is 4.90 Å². The van der Waals surface area contributed by atoms with Gasteiger partial charge in [0.2, 0.25) is 0 Å². The van der Waals surface area contributed by atoms with Crippen molar-refractivity contribution in [3.05, 3.63) is 52.0 Å². The molecule has 2 rings (SSSR count). The minimum absolute atomic E-state index is 0.000628. The van der Waals surface area contributed by atoms with Crippen LogP contribution < -0.4 is 5.32 Å². The summed E-state index contributed by atoms with van der Waals surface area (Å²) in [5.74, 6) is -0.920. The second-order valence-corrected chi connectivity index (χ2v) is 7.31.